The Hall–Kier alpha value is -2.32. The van der Waals surface area contributed by atoms with Crippen LogP contribution in [0.5, 0.6) is 11.5 Å². The zero-order valence-corrected chi connectivity index (χ0v) is 16.2. The second-order valence-electron chi connectivity index (χ2n) is 5.08. The summed E-state index contributed by atoms with van der Waals surface area (Å²) in [6, 6.07) is 5.37. The third-order valence-corrected chi connectivity index (χ3v) is 4.69. The molecule has 1 aliphatic rings. The van der Waals surface area contributed by atoms with Gasteiger partial charge in [-0.3, -0.25) is 14.5 Å². The molecule has 1 aromatic carbocycles. The van der Waals surface area contributed by atoms with Crippen LogP contribution in [0.15, 0.2) is 35.8 Å². The molecule has 0 atom stereocenters. The Morgan fingerprint density at radius 2 is 2.12 bits per heavy atom. The van der Waals surface area contributed by atoms with Crippen LogP contribution in [-0.2, 0) is 14.3 Å². The van der Waals surface area contributed by atoms with Crippen LogP contribution in [0, 0.1) is 0 Å². The number of hydrogen-bond acceptors (Lipinski definition) is 7. The summed E-state index contributed by atoms with van der Waals surface area (Å²) in [7, 11) is 1.26. The van der Waals surface area contributed by atoms with Crippen molar-refractivity contribution in [3.05, 3.63) is 41.3 Å². The van der Waals surface area contributed by atoms with Gasteiger partial charge in [0.25, 0.3) is 5.91 Å². The first kappa shape index (κ1) is 20.0. The second-order valence-corrected chi connectivity index (χ2v) is 6.76. The molecule has 2 rings (SSSR count). The number of rotatable bonds is 8. The van der Waals surface area contributed by atoms with Crippen molar-refractivity contribution >= 4 is 46.3 Å². The summed E-state index contributed by atoms with van der Waals surface area (Å²) in [5, 5.41) is 0. The Balaban J connectivity index is 2.24. The van der Waals surface area contributed by atoms with Gasteiger partial charge in [-0.25, -0.2) is 0 Å². The molecule has 0 radical (unpaired) electrons. The normalized spacial score (nSPS) is 15.3. The van der Waals surface area contributed by atoms with Crippen molar-refractivity contribution in [1.82, 2.24) is 4.90 Å². The van der Waals surface area contributed by atoms with E-state index in [9.17, 15) is 9.59 Å². The number of carbonyl (C=O) groups is 2. The smallest absolute Gasteiger partial charge is 0.325 e. The van der Waals surface area contributed by atoms with Gasteiger partial charge in [-0.05, 0) is 30.7 Å². The van der Waals surface area contributed by atoms with E-state index >= 15 is 0 Å². The summed E-state index contributed by atoms with van der Waals surface area (Å²) in [4.78, 5) is 25.5. The summed E-state index contributed by atoms with van der Waals surface area (Å²) < 4.78 is 16.1. The zero-order valence-electron chi connectivity index (χ0n) is 14.5. The minimum atomic E-state index is -0.523. The van der Waals surface area contributed by atoms with Crippen molar-refractivity contribution < 1.29 is 23.8 Å². The SMILES string of the molecule is C=CCOc1ccc(/C=C2\SC(=S)N(CC(=O)OC)C2=O)cc1OCC. The number of nitrogens with zero attached hydrogens (tertiary/aromatic N) is 1. The van der Waals surface area contributed by atoms with Gasteiger partial charge in [-0.2, -0.15) is 0 Å². The van der Waals surface area contributed by atoms with Crippen molar-refractivity contribution in [2.45, 2.75) is 6.92 Å². The lowest BCUT2D eigenvalue weighted by Gasteiger charge is -2.12. The van der Waals surface area contributed by atoms with Crippen molar-refractivity contribution in [2.24, 2.45) is 0 Å². The highest BCUT2D eigenvalue weighted by Crippen LogP contribution is 2.34. The number of ether oxygens (including phenoxy) is 3. The Labute approximate surface area is 161 Å². The van der Waals surface area contributed by atoms with Gasteiger partial charge in [0, 0.05) is 0 Å². The van der Waals surface area contributed by atoms with Gasteiger partial charge in [0.2, 0.25) is 0 Å². The molecule has 1 amide bonds. The van der Waals surface area contributed by atoms with Crippen LogP contribution in [0.3, 0.4) is 0 Å². The topological polar surface area (TPSA) is 65.1 Å². The molecule has 1 aromatic rings. The van der Waals surface area contributed by atoms with Crippen LogP contribution in [0.4, 0.5) is 0 Å². The number of esters is 1. The lowest BCUT2D eigenvalue weighted by Crippen LogP contribution is -2.33. The monoisotopic (exact) mass is 393 g/mol. The van der Waals surface area contributed by atoms with E-state index in [0.717, 1.165) is 17.3 Å². The summed E-state index contributed by atoms with van der Waals surface area (Å²) in [5.74, 6) is 0.329. The molecule has 0 N–H and O–H groups in total. The first-order chi connectivity index (χ1) is 12.5. The fraction of sp³-hybridized carbons (Fsp3) is 0.278. The molecule has 6 nitrogen and oxygen atoms in total. The number of benzene rings is 1. The van der Waals surface area contributed by atoms with Crippen LogP contribution < -0.4 is 9.47 Å². The molecule has 0 spiro atoms. The van der Waals surface area contributed by atoms with Gasteiger partial charge >= 0.3 is 5.97 Å². The van der Waals surface area contributed by atoms with E-state index in [-0.39, 0.29) is 12.5 Å². The number of methoxy groups -OCH3 is 1. The summed E-state index contributed by atoms with van der Waals surface area (Å²) in [5.41, 5.74) is 0.762. The maximum Gasteiger partial charge on any atom is 0.325 e. The van der Waals surface area contributed by atoms with Gasteiger partial charge in [0.15, 0.2) is 11.5 Å². The van der Waals surface area contributed by atoms with Crippen molar-refractivity contribution in [3.8, 4) is 11.5 Å². The largest absolute Gasteiger partial charge is 0.490 e. The van der Waals surface area contributed by atoms with Crippen molar-refractivity contribution in [2.75, 3.05) is 26.9 Å². The predicted molar refractivity (Wildman–Crippen MR) is 105 cm³/mol. The van der Waals surface area contributed by atoms with Gasteiger partial charge in [-0.1, -0.05) is 42.7 Å². The number of carbonyl (C=O) groups excluding carboxylic acids is 2. The minimum Gasteiger partial charge on any atom is -0.490 e. The molecule has 8 heteroatoms. The molecule has 0 unspecified atom stereocenters. The average molecular weight is 393 g/mol. The fourth-order valence-electron chi connectivity index (χ4n) is 2.13. The number of amides is 1. The quantitative estimate of drug-likeness (QED) is 0.291. The molecule has 1 fully saturated rings. The number of thiocarbonyl (C=S) groups is 1. The first-order valence-electron chi connectivity index (χ1n) is 7.82. The Kier molecular flexibility index (Phi) is 7.23. The van der Waals surface area contributed by atoms with E-state index in [2.05, 4.69) is 11.3 Å². The van der Waals surface area contributed by atoms with Crippen molar-refractivity contribution in [3.63, 3.8) is 0 Å². The van der Waals surface area contributed by atoms with Gasteiger partial charge in [0.05, 0.1) is 18.6 Å². The maximum absolute atomic E-state index is 12.5. The third-order valence-electron chi connectivity index (χ3n) is 3.31. The van der Waals surface area contributed by atoms with Crippen LogP contribution in [0.1, 0.15) is 12.5 Å². The first-order valence-corrected chi connectivity index (χ1v) is 9.05. The Bertz CT molecular complexity index is 760. The molecule has 0 saturated carbocycles. The van der Waals surface area contributed by atoms with E-state index < -0.39 is 5.97 Å². The second kappa shape index (κ2) is 9.40. The average Bonchev–Trinajstić information content (AvgIpc) is 2.88. The van der Waals surface area contributed by atoms with Crippen molar-refractivity contribution in [1.29, 1.82) is 0 Å². The molecular weight excluding hydrogens is 374 g/mol. The molecule has 1 saturated heterocycles. The van der Waals surface area contributed by atoms with Crippen LogP contribution >= 0.6 is 24.0 Å². The van der Waals surface area contributed by atoms with Gasteiger partial charge in [0.1, 0.15) is 17.5 Å². The molecule has 138 valence electrons. The molecule has 0 aromatic heterocycles. The van der Waals surface area contributed by atoms with E-state index in [1.807, 2.05) is 13.0 Å². The molecule has 1 heterocycles. The summed E-state index contributed by atoms with van der Waals surface area (Å²) >= 11 is 6.32. The standard InChI is InChI=1S/C18H19NO5S2/c1-4-8-24-13-7-6-12(9-14(13)23-5-2)10-15-17(21)19(18(25)26-15)11-16(20)22-3/h4,6-7,9-10H,1,5,8,11H2,2-3H3/b15-10-. The van der Waals surface area contributed by atoms with Crippen LogP contribution in [-0.4, -0.2) is 48.0 Å². The van der Waals surface area contributed by atoms with E-state index in [0.29, 0.717) is 33.9 Å². The lowest BCUT2D eigenvalue weighted by molar-refractivity contribution is -0.143. The highest BCUT2D eigenvalue weighted by Gasteiger charge is 2.33. The molecule has 1 aliphatic heterocycles. The van der Waals surface area contributed by atoms with E-state index in [1.54, 1.807) is 24.3 Å². The minimum absolute atomic E-state index is 0.197. The van der Waals surface area contributed by atoms with Gasteiger partial charge < -0.3 is 14.2 Å². The number of hydrogen-bond donors (Lipinski definition) is 0. The Morgan fingerprint density at radius 1 is 1.35 bits per heavy atom. The molecular formula is C18H19NO5S2. The summed E-state index contributed by atoms with van der Waals surface area (Å²) in [6.07, 6.45) is 3.35. The zero-order chi connectivity index (χ0) is 19.1. The fourth-order valence-corrected chi connectivity index (χ4v) is 3.39. The Morgan fingerprint density at radius 3 is 2.77 bits per heavy atom. The van der Waals surface area contributed by atoms with E-state index in [1.165, 1.54) is 12.0 Å². The highest BCUT2D eigenvalue weighted by atomic mass is 32.2. The predicted octanol–water partition coefficient (Wildman–Crippen LogP) is 3.02. The number of thioether (sulfide) groups is 1. The maximum atomic E-state index is 12.5. The van der Waals surface area contributed by atoms with Gasteiger partial charge in [-0.15, -0.1) is 0 Å². The highest BCUT2D eigenvalue weighted by molar-refractivity contribution is 8.26. The van der Waals surface area contributed by atoms with E-state index in [4.69, 9.17) is 21.7 Å². The molecule has 26 heavy (non-hydrogen) atoms. The summed E-state index contributed by atoms with van der Waals surface area (Å²) in [6.45, 7) is 6.15. The van der Waals surface area contributed by atoms with Crippen LogP contribution in [0.2, 0.25) is 0 Å². The third kappa shape index (κ3) is 4.86. The lowest BCUT2D eigenvalue weighted by atomic mass is 10.2. The van der Waals surface area contributed by atoms with Crippen LogP contribution in [0.25, 0.3) is 6.08 Å². The molecule has 0 bridgehead atoms. The molecule has 0 aliphatic carbocycles.